The third-order valence-corrected chi connectivity index (χ3v) is 2.74. The summed E-state index contributed by atoms with van der Waals surface area (Å²) in [6.07, 6.45) is 0. The van der Waals surface area contributed by atoms with E-state index in [1.165, 1.54) is 0 Å². The van der Waals surface area contributed by atoms with Crippen LogP contribution in [0.2, 0.25) is 0 Å². The van der Waals surface area contributed by atoms with E-state index in [0.29, 0.717) is 31.0 Å². The van der Waals surface area contributed by atoms with E-state index in [1.54, 1.807) is 6.92 Å². The van der Waals surface area contributed by atoms with Gasteiger partial charge < -0.3 is 9.72 Å². The highest BCUT2D eigenvalue weighted by Gasteiger charge is 2.14. The molecule has 0 spiro atoms. The highest BCUT2D eigenvalue weighted by molar-refractivity contribution is 5.85. The minimum atomic E-state index is -0.451. The molecular formula is C10H16ClN3O3. The Labute approximate surface area is 104 Å². The van der Waals surface area contributed by atoms with Gasteiger partial charge in [-0.15, -0.1) is 12.4 Å². The lowest BCUT2D eigenvalue weighted by Crippen LogP contribution is -2.38. The van der Waals surface area contributed by atoms with Gasteiger partial charge in [0.25, 0.3) is 5.56 Å². The fourth-order valence-electron chi connectivity index (χ4n) is 1.80. The number of hydrogen-bond acceptors (Lipinski definition) is 4. The first-order valence-electron chi connectivity index (χ1n) is 5.29. The predicted octanol–water partition coefficient (Wildman–Crippen LogP) is -0.374. The van der Waals surface area contributed by atoms with Gasteiger partial charge in [0.15, 0.2) is 0 Å². The van der Waals surface area contributed by atoms with Crippen molar-refractivity contribution in [3.63, 3.8) is 0 Å². The summed E-state index contributed by atoms with van der Waals surface area (Å²) < 4.78 is 5.23. The number of morpholine rings is 1. The van der Waals surface area contributed by atoms with E-state index in [9.17, 15) is 9.59 Å². The second-order valence-electron chi connectivity index (χ2n) is 3.90. The van der Waals surface area contributed by atoms with Crippen molar-refractivity contribution in [3.8, 4) is 0 Å². The Hall–Kier alpha value is -1.11. The maximum absolute atomic E-state index is 11.6. The van der Waals surface area contributed by atoms with Crippen molar-refractivity contribution in [2.45, 2.75) is 13.5 Å². The van der Waals surface area contributed by atoms with Crippen LogP contribution in [0.1, 0.15) is 11.3 Å². The van der Waals surface area contributed by atoms with Gasteiger partial charge in [0, 0.05) is 25.3 Å². The normalized spacial score (nSPS) is 16.5. The summed E-state index contributed by atoms with van der Waals surface area (Å²) in [5.41, 5.74) is 0.516. The van der Waals surface area contributed by atoms with Crippen molar-refractivity contribution in [2.75, 3.05) is 26.3 Å². The molecule has 1 aromatic heterocycles. The number of nitrogens with zero attached hydrogens (tertiary/aromatic N) is 1. The molecule has 1 aliphatic heterocycles. The maximum Gasteiger partial charge on any atom is 0.325 e. The molecule has 1 fully saturated rings. The molecule has 6 nitrogen and oxygen atoms in total. The molecule has 2 N–H and O–H groups in total. The smallest absolute Gasteiger partial charge is 0.325 e. The van der Waals surface area contributed by atoms with Gasteiger partial charge in [0.05, 0.1) is 18.8 Å². The number of aromatic nitrogens is 2. The molecule has 7 heteroatoms. The zero-order chi connectivity index (χ0) is 11.5. The summed E-state index contributed by atoms with van der Waals surface area (Å²) in [7, 11) is 0. The van der Waals surface area contributed by atoms with Gasteiger partial charge in [-0.2, -0.15) is 0 Å². The Morgan fingerprint density at radius 3 is 2.47 bits per heavy atom. The first kappa shape index (κ1) is 14.0. The van der Waals surface area contributed by atoms with Gasteiger partial charge >= 0.3 is 5.69 Å². The lowest BCUT2D eigenvalue weighted by Gasteiger charge is -2.26. The average molecular weight is 262 g/mol. The van der Waals surface area contributed by atoms with Gasteiger partial charge in [-0.3, -0.25) is 14.7 Å². The molecule has 0 atom stereocenters. The van der Waals surface area contributed by atoms with Crippen molar-refractivity contribution >= 4 is 12.4 Å². The standard InChI is InChI=1S/C10H15N3O3.ClH/c1-7-8(9(14)12-10(15)11-7)6-13-2-4-16-5-3-13;/h2-6H2,1H3,(H2,11,12,14,15);1H. The van der Waals surface area contributed by atoms with Gasteiger partial charge in [0.2, 0.25) is 0 Å². The molecule has 0 radical (unpaired) electrons. The first-order valence-corrected chi connectivity index (χ1v) is 5.29. The number of aryl methyl sites for hydroxylation is 1. The third kappa shape index (κ3) is 3.42. The fraction of sp³-hybridized carbons (Fsp3) is 0.600. The molecule has 0 amide bonds. The van der Waals surface area contributed by atoms with Crippen molar-refractivity contribution in [1.29, 1.82) is 0 Å². The van der Waals surface area contributed by atoms with Crippen LogP contribution in [0.5, 0.6) is 0 Å². The Kier molecular flexibility index (Phi) is 4.92. The van der Waals surface area contributed by atoms with Crippen LogP contribution in [0, 0.1) is 6.92 Å². The van der Waals surface area contributed by atoms with Crippen molar-refractivity contribution in [1.82, 2.24) is 14.9 Å². The number of hydrogen-bond donors (Lipinski definition) is 2. The molecule has 1 saturated heterocycles. The maximum atomic E-state index is 11.6. The van der Waals surface area contributed by atoms with Crippen molar-refractivity contribution in [2.24, 2.45) is 0 Å². The van der Waals surface area contributed by atoms with E-state index in [2.05, 4.69) is 14.9 Å². The molecule has 17 heavy (non-hydrogen) atoms. The van der Waals surface area contributed by atoms with Gasteiger partial charge in [0.1, 0.15) is 0 Å². The molecule has 0 bridgehead atoms. The summed E-state index contributed by atoms with van der Waals surface area (Å²) >= 11 is 0. The average Bonchev–Trinajstić information content (AvgIpc) is 2.25. The van der Waals surface area contributed by atoms with Crippen LogP contribution >= 0.6 is 12.4 Å². The van der Waals surface area contributed by atoms with Crippen LogP contribution in [0.15, 0.2) is 9.59 Å². The summed E-state index contributed by atoms with van der Waals surface area (Å²) in [5, 5.41) is 0. The van der Waals surface area contributed by atoms with Crippen LogP contribution in [-0.4, -0.2) is 41.2 Å². The number of nitrogens with one attached hydrogen (secondary N) is 2. The zero-order valence-corrected chi connectivity index (χ0v) is 10.4. The van der Waals surface area contributed by atoms with Gasteiger partial charge in [-0.1, -0.05) is 0 Å². The number of ether oxygens (including phenoxy) is 1. The molecule has 0 saturated carbocycles. The van der Waals surface area contributed by atoms with Crippen LogP contribution in [0.3, 0.4) is 0 Å². The molecule has 0 aromatic carbocycles. The Morgan fingerprint density at radius 1 is 1.24 bits per heavy atom. The Balaban J connectivity index is 0.00000144. The zero-order valence-electron chi connectivity index (χ0n) is 9.62. The summed E-state index contributed by atoms with van der Waals surface area (Å²) in [6, 6.07) is 0. The molecule has 2 rings (SSSR count). The van der Waals surface area contributed by atoms with Crippen molar-refractivity contribution in [3.05, 3.63) is 32.1 Å². The van der Waals surface area contributed by atoms with Crippen LogP contribution in [-0.2, 0) is 11.3 Å². The number of halogens is 1. The number of H-pyrrole nitrogens is 2. The summed E-state index contributed by atoms with van der Waals surface area (Å²) in [4.78, 5) is 29.6. The Bertz CT molecular complexity index is 476. The third-order valence-electron chi connectivity index (χ3n) is 2.74. The molecule has 96 valence electrons. The lowest BCUT2D eigenvalue weighted by atomic mass is 10.2. The van der Waals surface area contributed by atoms with Crippen LogP contribution in [0.4, 0.5) is 0 Å². The van der Waals surface area contributed by atoms with E-state index < -0.39 is 5.69 Å². The topological polar surface area (TPSA) is 78.2 Å². The van der Waals surface area contributed by atoms with E-state index in [-0.39, 0.29) is 18.0 Å². The minimum absolute atomic E-state index is 0. The van der Waals surface area contributed by atoms with Crippen molar-refractivity contribution < 1.29 is 4.74 Å². The van der Waals surface area contributed by atoms with E-state index >= 15 is 0 Å². The first-order chi connectivity index (χ1) is 7.66. The fourth-order valence-corrected chi connectivity index (χ4v) is 1.80. The second kappa shape index (κ2) is 6.00. The SMILES string of the molecule is Cc1[nH]c(=O)[nH]c(=O)c1CN1CCOCC1.Cl. The second-order valence-corrected chi connectivity index (χ2v) is 3.90. The lowest BCUT2D eigenvalue weighted by molar-refractivity contribution is 0.0338. The number of rotatable bonds is 2. The quantitative estimate of drug-likeness (QED) is 0.761. The van der Waals surface area contributed by atoms with Crippen LogP contribution in [0.25, 0.3) is 0 Å². The molecule has 0 aliphatic carbocycles. The molecule has 2 heterocycles. The highest BCUT2D eigenvalue weighted by atomic mass is 35.5. The van der Waals surface area contributed by atoms with E-state index in [1.807, 2.05) is 0 Å². The van der Waals surface area contributed by atoms with Crippen LogP contribution < -0.4 is 11.2 Å². The van der Waals surface area contributed by atoms with Gasteiger partial charge in [-0.25, -0.2) is 4.79 Å². The largest absolute Gasteiger partial charge is 0.379 e. The molecular weight excluding hydrogens is 246 g/mol. The molecule has 1 aromatic rings. The minimum Gasteiger partial charge on any atom is -0.379 e. The monoisotopic (exact) mass is 261 g/mol. The number of aromatic amines is 2. The summed E-state index contributed by atoms with van der Waals surface area (Å²) in [5.74, 6) is 0. The Morgan fingerprint density at radius 2 is 1.88 bits per heavy atom. The predicted molar refractivity (Wildman–Crippen MR) is 65.8 cm³/mol. The van der Waals surface area contributed by atoms with E-state index in [4.69, 9.17) is 4.74 Å². The molecule has 1 aliphatic rings. The molecule has 0 unspecified atom stereocenters. The summed E-state index contributed by atoms with van der Waals surface area (Å²) in [6.45, 7) is 5.32. The highest BCUT2D eigenvalue weighted by Crippen LogP contribution is 2.04. The van der Waals surface area contributed by atoms with E-state index in [0.717, 1.165) is 13.1 Å². The van der Waals surface area contributed by atoms with Gasteiger partial charge in [-0.05, 0) is 6.92 Å².